The number of carbonyl (C=O) groups is 1. The standard InChI is InChI=1S/C15H24N2O2/c1-2-13(18)10-11-17-15(19)14(16)9-8-12-6-4-3-5-7-12/h3-7,13-14,18H,2,8-11,16H2,1H3,(H,17,19). The van der Waals surface area contributed by atoms with Crippen LogP contribution < -0.4 is 11.1 Å². The van der Waals surface area contributed by atoms with E-state index < -0.39 is 6.04 Å². The molecule has 0 fully saturated rings. The Morgan fingerprint density at radius 1 is 1.32 bits per heavy atom. The number of aliphatic hydroxyl groups is 1. The molecule has 106 valence electrons. The van der Waals surface area contributed by atoms with Gasteiger partial charge in [0, 0.05) is 6.54 Å². The van der Waals surface area contributed by atoms with Gasteiger partial charge in [0.25, 0.3) is 0 Å². The monoisotopic (exact) mass is 264 g/mol. The van der Waals surface area contributed by atoms with Crippen LogP contribution in [0.5, 0.6) is 0 Å². The molecule has 0 bridgehead atoms. The van der Waals surface area contributed by atoms with Crippen molar-refractivity contribution in [1.82, 2.24) is 5.32 Å². The zero-order valence-electron chi connectivity index (χ0n) is 11.5. The summed E-state index contributed by atoms with van der Waals surface area (Å²) in [5.74, 6) is -0.140. The summed E-state index contributed by atoms with van der Waals surface area (Å²) in [6.07, 6.45) is 2.36. The van der Waals surface area contributed by atoms with Crippen LogP contribution in [0, 0.1) is 0 Å². The molecule has 0 spiro atoms. The van der Waals surface area contributed by atoms with Gasteiger partial charge in [0.1, 0.15) is 0 Å². The van der Waals surface area contributed by atoms with Gasteiger partial charge in [0.05, 0.1) is 12.1 Å². The molecule has 0 aliphatic heterocycles. The van der Waals surface area contributed by atoms with E-state index in [-0.39, 0.29) is 12.0 Å². The third-order valence-corrected chi connectivity index (χ3v) is 3.17. The van der Waals surface area contributed by atoms with E-state index in [0.29, 0.717) is 25.8 Å². The third kappa shape index (κ3) is 6.36. The van der Waals surface area contributed by atoms with Gasteiger partial charge in [-0.05, 0) is 31.2 Å². The zero-order valence-corrected chi connectivity index (χ0v) is 11.5. The van der Waals surface area contributed by atoms with Gasteiger partial charge >= 0.3 is 0 Å². The second kappa shape index (κ2) is 8.67. The lowest BCUT2D eigenvalue weighted by Crippen LogP contribution is -2.41. The Balaban J connectivity index is 2.21. The summed E-state index contributed by atoms with van der Waals surface area (Å²) in [7, 11) is 0. The Morgan fingerprint density at radius 2 is 2.00 bits per heavy atom. The molecule has 0 aliphatic rings. The number of benzene rings is 1. The first-order valence-electron chi connectivity index (χ1n) is 6.88. The average Bonchev–Trinajstić information content (AvgIpc) is 2.45. The van der Waals surface area contributed by atoms with Crippen LogP contribution in [0.25, 0.3) is 0 Å². The van der Waals surface area contributed by atoms with Crippen LogP contribution in [0.1, 0.15) is 31.7 Å². The highest BCUT2D eigenvalue weighted by Gasteiger charge is 2.13. The Labute approximate surface area is 115 Å². The maximum Gasteiger partial charge on any atom is 0.236 e. The van der Waals surface area contributed by atoms with Gasteiger partial charge < -0.3 is 16.2 Å². The molecular weight excluding hydrogens is 240 g/mol. The topological polar surface area (TPSA) is 75.3 Å². The number of aliphatic hydroxyl groups excluding tert-OH is 1. The third-order valence-electron chi connectivity index (χ3n) is 3.17. The van der Waals surface area contributed by atoms with Gasteiger partial charge in [-0.2, -0.15) is 0 Å². The summed E-state index contributed by atoms with van der Waals surface area (Å²) < 4.78 is 0. The summed E-state index contributed by atoms with van der Waals surface area (Å²) in [5, 5.41) is 12.1. The van der Waals surface area contributed by atoms with Crippen molar-refractivity contribution in [3.63, 3.8) is 0 Å². The fraction of sp³-hybridized carbons (Fsp3) is 0.533. The summed E-state index contributed by atoms with van der Waals surface area (Å²) in [6, 6.07) is 9.50. The van der Waals surface area contributed by atoms with Crippen molar-refractivity contribution in [3.8, 4) is 0 Å². The lowest BCUT2D eigenvalue weighted by Gasteiger charge is -2.13. The number of rotatable bonds is 8. The van der Waals surface area contributed by atoms with Crippen LogP contribution in [0.3, 0.4) is 0 Å². The zero-order chi connectivity index (χ0) is 14.1. The fourth-order valence-corrected chi connectivity index (χ4v) is 1.80. The summed E-state index contributed by atoms with van der Waals surface area (Å²) in [6.45, 7) is 2.39. The number of hydrogen-bond acceptors (Lipinski definition) is 3. The smallest absolute Gasteiger partial charge is 0.236 e. The molecule has 0 heterocycles. The minimum Gasteiger partial charge on any atom is -0.393 e. The van der Waals surface area contributed by atoms with Crippen LogP contribution in [-0.2, 0) is 11.2 Å². The Hall–Kier alpha value is -1.39. The number of nitrogens with two attached hydrogens (primary N) is 1. The number of hydrogen-bond donors (Lipinski definition) is 3. The quantitative estimate of drug-likeness (QED) is 0.661. The molecule has 4 N–H and O–H groups in total. The molecule has 0 saturated heterocycles. The molecule has 1 amide bonds. The van der Waals surface area contributed by atoms with E-state index in [4.69, 9.17) is 5.73 Å². The summed E-state index contributed by atoms with van der Waals surface area (Å²) >= 11 is 0. The van der Waals surface area contributed by atoms with Crippen LogP contribution in [-0.4, -0.2) is 29.7 Å². The van der Waals surface area contributed by atoms with Gasteiger partial charge in [0.2, 0.25) is 5.91 Å². The average molecular weight is 264 g/mol. The molecule has 2 unspecified atom stereocenters. The van der Waals surface area contributed by atoms with E-state index >= 15 is 0 Å². The lowest BCUT2D eigenvalue weighted by atomic mass is 10.1. The van der Waals surface area contributed by atoms with Crippen LogP contribution in [0.2, 0.25) is 0 Å². The second-order valence-corrected chi connectivity index (χ2v) is 4.77. The molecule has 0 aliphatic carbocycles. The van der Waals surface area contributed by atoms with E-state index in [0.717, 1.165) is 6.42 Å². The SMILES string of the molecule is CCC(O)CCNC(=O)C(N)CCc1ccccc1. The van der Waals surface area contributed by atoms with Crippen molar-refractivity contribution in [3.05, 3.63) is 35.9 Å². The van der Waals surface area contributed by atoms with Crippen LogP contribution >= 0.6 is 0 Å². The molecule has 4 heteroatoms. The first-order chi connectivity index (χ1) is 9.13. The van der Waals surface area contributed by atoms with Crippen molar-refractivity contribution in [2.24, 2.45) is 5.73 Å². The maximum atomic E-state index is 11.7. The Bertz CT molecular complexity index is 368. The number of carbonyl (C=O) groups excluding carboxylic acids is 1. The molecule has 0 aromatic heterocycles. The molecule has 2 atom stereocenters. The number of nitrogens with one attached hydrogen (secondary N) is 1. The minimum atomic E-state index is -0.487. The molecule has 1 aromatic rings. The molecule has 1 rings (SSSR count). The Morgan fingerprint density at radius 3 is 2.63 bits per heavy atom. The van der Waals surface area contributed by atoms with Gasteiger partial charge in [0.15, 0.2) is 0 Å². The van der Waals surface area contributed by atoms with Crippen molar-refractivity contribution >= 4 is 5.91 Å². The molecular formula is C15H24N2O2. The Kier molecular flexibility index (Phi) is 7.15. The summed E-state index contributed by atoms with van der Waals surface area (Å²) in [4.78, 5) is 11.7. The van der Waals surface area contributed by atoms with E-state index in [1.165, 1.54) is 5.56 Å². The van der Waals surface area contributed by atoms with Crippen molar-refractivity contribution in [1.29, 1.82) is 0 Å². The van der Waals surface area contributed by atoms with E-state index in [1.807, 2.05) is 37.3 Å². The molecule has 1 aromatic carbocycles. The van der Waals surface area contributed by atoms with Gasteiger partial charge in [-0.1, -0.05) is 37.3 Å². The predicted octanol–water partition coefficient (Wildman–Crippen LogP) is 1.22. The molecule has 0 radical (unpaired) electrons. The van der Waals surface area contributed by atoms with Gasteiger partial charge in [-0.15, -0.1) is 0 Å². The lowest BCUT2D eigenvalue weighted by molar-refractivity contribution is -0.122. The largest absolute Gasteiger partial charge is 0.393 e. The minimum absolute atomic E-state index is 0.140. The van der Waals surface area contributed by atoms with Crippen molar-refractivity contribution in [2.75, 3.05) is 6.54 Å². The normalized spacial score (nSPS) is 13.8. The summed E-state index contributed by atoms with van der Waals surface area (Å²) in [5.41, 5.74) is 7.03. The van der Waals surface area contributed by atoms with E-state index in [9.17, 15) is 9.90 Å². The second-order valence-electron chi connectivity index (χ2n) is 4.77. The van der Waals surface area contributed by atoms with Crippen LogP contribution in [0.4, 0.5) is 0 Å². The molecule has 0 saturated carbocycles. The fourth-order valence-electron chi connectivity index (χ4n) is 1.80. The van der Waals surface area contributed by atoms with Crippen LogP contribution in [0.15, 0.2) is 30.3 Å². The number of amides is 1. The van der Waals surface area contributed by atoms with Gasteiger partial charge in [-0.3, -0.25) is 4.79 Å². The highest BCUT2D eigenvalue weighted by Crippen LogP contribution is 2.04. The van der Waals surface area contributed by atoms with Crippen molar-refractivity contribution < 1.29 is 9.90 Å². The van der Waals surface area contributed by atoms with Gasteiger partial charge in [-0.25, -0.2) is 0 Å². The number of aryl methyl sites for hydroxylation is 1. The predicted molar refractivity (Wildman–Crippen MR) is 76.7 cm³/mol. The molecule has 19 heavy (non-hydrogen) atoms. The first-order valence-corrected chi connectivity index (χ1v) is 6.88. The van der Waals surface area contributed by atoms with Crippen molar-refractivity contribution in [2.45, 2.75) is 44.8 Å². The van der Waals surface area contributed by atoms with E-state index in [1.54, 1.807) is 0 Å². The highest BCUT2D eigenvalue weighted by atomic mass is 16.3. The van der Waals surface area contributed by atoms with E-state index in [2.05, 4.69) is 5.32 Å². The molecule has 4 nitrogen and oxygen atoms in total. The highest BCUT2D eigenvalue weighted by molar-refractivity contribution is 5.81. The maximum absolute atomic E-state index is 11.7. The first kappa shape index (κ1) is 15.7.